The number of rotatable bonds is 6. The first-order valence-electron chi connectivity index (χ1n) is 7.92. The molecule has 0 aliphatic heterocycles. The molecule has 0 saturated heterocycles. The standard InChI is InChI=1S/C19H17F2N3O2/c1-26-11-13-4-2-3-12(5-13)6-19(25)22-18-10-17(23-24-18)14-7-15(20)9-16(21)8-14/h2-5,7-10H,6,11H2,1H3,(H2,22,23,24,25). The van der Waals surface area contributed by atoms with E-state index < -0.39 is 11.6 Å². The van der Waals surface area contributed by atoms with Crippen molar-refractivity contribution in [3.8, 4) is 11.3 Å². The lowest BCUT2D eigenvalue weighted by Gasteiger charge is -2.05. The molecular formula is C19H17F2N3O2. The van der Waals surface area contributed by atoms with Crippen molar-refractivity contribution < 1.29 is 18.3 Å². The SMILES string of the molecule is COCc1cccc(CC(=O)Nc2cc(-c3cc(F)cc(F)c3)[nH]n2)c1. The summed E-state index contributed by atoms with van der Waals surface area (Å²) in [5.41, 5.74) is 2.54. The number of anilines is 1. The zero-order chi connectivity index (χ0) is 18.5. The first kappa shape index (κ1) is 17.8. The average molecular weight is 357 g/mol. The Morgan fingerprint density at radius 3 is 2.58 bits per heavy atom. The second-order valence-corrected chi connectivity index (χ2v) is 5.80. The first-order chi connectivity index (χ1) is 12.5. The number of methoxy groups -OCH3 is 1. The van der Waals surface area contributed by atoms with Crippen LogP contribution in [-0.2, 0) is 22.6 Å². The molecule has 0 spiro atoms. The highest BCUT2D eigenvalue weighted by Gasteiger charge is 2.10. The summed E-state index contributed by atoms with van der Waals surface area (Å²) in [6.45, 7) is 0.475. The molecule has 2 aromatic carbocycles. The number of carbonyl (C=O) groups excluding carboxylic acids is 1. The second-order valence-electron chi connectivity index (χ2n) is 5.80. The van der Waals surface area contributed by atoms with E-state index in [1.54, 1.807) is 7.11 Å². The van der Waals surface area contributed by atoms with E-state index in [0.29, 0.717) is 17.9 Å². The molecule has 0 atom stereocenters. The highest BCUT2D eigenvalue weighted by atomic mass is 19.1. The van der Waals surface area contributed by atoms with Crippen LogP contribution in [0.1, 0.15) is 11.1 Å². The number of hydrogen-bond acceptors (Lipinski definition) is 3. The van der Waals surface area contributed by atoms with Crippen molar-refractivity contribution >= 4 is 11.7 Å². The number of halogens is 2. The van der Waals surface area contributed by atoms with Gasteiger partial charge in [-0.25, -0.2) is 8.78 Å². The zero-order valence-electron chi connectivity index (χ0n) is 14.1. The van der Waals surface area contributed by atoms with E-state index in [1.165, 1.54) is 18.2 Å². The molecule has 0 unspecified atom stereocenters. The summed E-state index contributed by atoms with van der Waals surface area (Å²) in [4.78, 5) is 12.2. The molecule has 3 rings (SSSR count). The van der Waals surface area contributed by atoms with Gasteiger partial charge in [0.2, 0.25) is 5.91 Å². The number of hydrogen-bond donors (Lipinski definition) is 2. The van der Waals surface area contributed by atoms with Gasteiger partial charge in [0.05, 0.1) is 18.7 Å². The third kappa shape index (κ3) is 4.52. The van der Waals surface area contributed by atoms with Crippen LogP contribution < -0.4 is 5.32 Å². The maximum Gasteiger partial charge on any atom is 0.229 e. The Bertz CT molecular complexity index is 904. The molecule has 26 heavy (non-hydrogen) atoms. The molecular weight excluding hydrogens is 340 g/mol. The van der Waals surface area contributed by atoms with E-state index in [-0.39, 0.29) is 18.1 Å². The maximum absolute atomic E-state index is 13.3. The van der Waals surface area contributed by atoms with Crippen LogP contribution in [0.3, 0.4) is 0 Å². The predicted molar refractivity (Wildman–Crippen MR) is 93.4 cm³/mol. The quantitative estimate of drug-likeness (QED) is 0.707. The maximum atomic E-state index is 13.3. The number of nitrogens with one attached hydrogen (secondary N) is 2. The molecule has 0 fully saturated rings. The topological polar surface area (TPSA) is 67.0 Å². The summed E-state index contributed by atoms with van der Waals surface area (Å²) in [6.07, 6.45) is 0.175. The molecule has 5 nitrogen and oxygen atoms in total. The molecule has 0 bridgehead atoms. The second kappa shape index (κ2) is 7.88. The van der Waals surface area contributed by atoms with Crippen LogP contribution in [-0.4, -0.2) is 23.2 Å². The molecule has 1 heterocycles. The zero-order valence-corrected chi connectivity index (χ0v) is 14.1. The Morgan fingerprint density at radius 2 is 1.85 bits per heavy atom. The number of carbonyl (C=O) groups is 1. The van der Waals surface area contributed by atoms with E-state index in [0.717, 1.165) is 17.2 Å². The van der Waals surface area contributed by atoms with Crippen LogP contribution >= 0.6 is 0 Å². The molecule has 7 heteroatoms. The number of aromatic amines is 1. The molecule has 0 aliphatic rings. The monoisotopic (exact) mass is 357 g/mol. The van der Waals surface area contributed by atoms with Gasteiger partial charge in [-0.3, -0.25) is 9.89 Å². The van der Waals surface area contributed by atoms with Crippen LogP contribution in [0, 0.1) is 11.6 Å². The van der Waals surface area contributed by atoms with Crippen LogP contribution in [0.15, 0.2) is 48.5 Å². The van der Waals surface area contributed by atoms with Crippen molar-refractivity contribution in [2.24, 2.45) is 0 Å². The lowest BCUT2D eigenvalue weighted by Crippen LogP contribution is -2.14. The minimum Gasteiger partial charge on any atom is -0.380 e. The summed E-state index contributed by atoms with van der Waals surface area (Å²) in [6, 6.07) is 12.2. The smallest absolute Gasteiger partial charge is 0.229 e. The normalized spacial score (nSPS) is 10.7. The van der Waals surface area contributed by atoms with Gasteiger partial charge in [-0.1, -0.05) is 24.3 Å². The number of H-pyrrole nitrogens is 1. The average Bonchev–Trinajstić information content (AvgIpc) is 3.03. The van der Waals surface area contributed by atoms with Gasteiger partial charge in [0.15, 0.2) is 5.82 Å². The molecule has 3 aromatic rings. The highest BCUT2D eigenvalue weighted by molar-refractivity contribution is 5.91. The van der Waals surface area contributed by atoms with Gasteiger partial charge in [0, 0.05) is 24.8 Å². The Kier molecular flexibility index (Phi) is 5.38. The van der Waals surface area contributed by atoms with Crippen molar-refractivity contribution in [1.29, 1.82) is 0 Å². The molecule has 0 aliphatic carbocycles. The van der Waals surface area contributed by atoms with Gasteiger partial charge in [-0.2, -0.15) is 5.10 Å². The van der Waals surface area contributed by atoms with Crippen molar-refractivity contribution in [2.45, 2.75) is 13.0 Å². The van der Waals surface area contributed by atoms with E-state index in [4.69, 9.17) is 4.74 Å². The number of ether oxygens (including phenoxy) is 1. The van der Waals surface area contributed by atoms with Gasteiger partial charge in [-0.15, -0.1) is 0 Å². The summed E-state index contributed by atoms with van der Waals surface area (Å²) in [5, 5.41) is 9.28. The lowest BCUT2D eigenvalue weighted by atomic mass is 10.1. The van der Waals surface area contributed by atoms with Crippen molar-refractivity contribution in [2.75, 3.05) is 12.4 Å². The lowest BCUT2D eigenvalue weighted by molar-refractivity contribution is -0.115. The van der Waals surface area contributed by atoms with Crippen molar-refractivity contribution in [3.05, 3.63) is 71.3 Å². The molecule has 134 valence electrons. The van der Waals surface area contributed by atoms with Crippen LogP contribution in [0.5, 0.6) is 0 Å². The van der Waals surface area contributed by atoms with E-state index in [2.05, 4.69) is 15.5 Å². The third-order valence-electron chi connectivity index (χ3n) is 3.69. The van der Waals surface area contributed by atoms with Crippen molar-refractivity contribution in [3.63, 3.8) is 0 Å². The minimum absolute atomic E-state index is 0.175. The molecule has 0 radical (unpaired) electrons. The summed E-state index contributed by atoms with van der Waals surface area (Å²) in [5.74, 6) is -1.34. The fraction of sp³-hybridized carbons (Fsp3) is 0.158. The van der Waals surface area contributed by atoms with Gasteiger partial charge >= 0.3 is 0 Å². The number of amides is 1. The Morgan fingerprint density at radius 1 is 1.12 bits per heavy atom. The fourth-order valence-electron chi connectivity index (χ4n) is 2.61. The Labute approximate surface area is 149 Å². The van der Waals surface area contributed by atoms with Gasteiger partial charge in [0.25, 0.3) is 0 Å². The largest absolute Gasteiger partial charge is 0.380 e. The summed E-state index contributed by atoms with van der Waals surface area (Å²) < 4.78 is 31.7. The number of aromatic nitrogens is 2. The minimum atomic E-state index is -0.684. The Hall–Kier alpha value is -3.06. The summed E-state index contributed by atoms with van der Waals surface area (Å²) >= 11 is 0. The Balaban J connectivity index is 1.67. The predicted octanol–water partition coefficient (Wildman–Crippen LogP) is 3.68. The van der Waals surface area contributed by atoms with E-state index in [9.17, 15) is 13.6 Å². The van der Waals surface area contributed by atoms with Crippen LogP contribution in [0.4, 0.5) is 14.6 Å². The highest BCUT2D eigenvalue weighted by Crippen LogP contribution is 2.22. The number of benzene rings is 2. The van der Waals surface area contributed by atoms with Crippen LogP contribution in [0.25, 0.3) is 11.3 Å². The van der Waals surface area contributed by atoms with E-state index >= 15 is 0 Å². The van der Waals surface area contributed by atoms with Gasteiger partial charge in [-0.05, 0) is 23.3 Å². The fourth-order valence-corrected chi connectivity index (χ4v) is 2.61. The van der Waals surface area contributed by atoms with Crippen LogP contribution in [0.2, 0.25) is 0 Å². The molecule has 2 N–H and O–H groups in total. The number of nitrogens with zero attached hydrogens (tertiary/aromatic N) is 1. The van der Waals surface area contributed by atoms with Gasteiger partial charge in [0.1, 0.15) is 11.6 Å². The first-order valence-corrected chi connectivity index (χ1v) is 7.92. The van der Waals surface area contributed by atoms with Crippen molar-refractivity contribution in [1.82, 2.24) is 10.2 Å². The molecule has 0 saturated carbocycles. The summed E-state index contributed by atoms with van der Waals surface area (Å²) in [7, 11) is 1.61. The third-order valence-corrected chi connectivity index (χ3v) is 3.69. The molecule has 1 amide bonds. The van der Waals surface area contributed by atoms with Gasteiger partial charge < -0.3 is 10.1 Å². The van der Waals surface area contributed by atoms with E-state index in [1.807, 2.05) is 24.3 Å². The molecule has 1 aromatic heterocycles.